The van der Waals surface area contributed by atoms with E-state index in [0.717, 1.165) is 0 Å². The Morgan fingerprint density at radius 2 is 1.82 bits per heavy atom. The van der Waals surface area contributed by atoms with Gasteiger partial charge in [-0.3, -0.25) is 10.1 Å². The van der Waals surface area contributed by atoms with Crippen LogP contribution in [0, 0.1) is 10.1 Å². The third-order valence-corrected chi connectivity index (χ3v) is 2.01. The summed E-state index contributed by atoms with van der Waals surface area (Å²) < 4.78 is 61.3. The molecule has 0 N–H and O–H groups in total. The number of halogens is 6. The van der Waals surface area contributed by atoms with Crippen molar-refractivity contribution in [1.29, 1.82) is 0 Å². The lowest BCUT2D eigenvalue weighted by Crippen LogP contribution is -2.34. The number of hydrogen-bond donors (Lipinski definition) is 0. The van der Waals surface area contributed by atoms with E-state index in [9.17, 15) is 32.1 Å². The molecule has 0 aliphatic carbocycles. The fourth-order valence-corrected chi connectivity index (χ4v) is 1.10. The lowest BCUT2D eigenvalue weighted by molar-refractivity contribution is -0.385. The summed E-state index contributed by atoms with van der Waals surface area (Å²) in [6, 6.07) is 0.118. The summed E-state index contributed by atoms with van der Waals surface area (Å²) in [6.07, 6.45) is -5.60. The van der Waals surface area contributed by atoms with Crippen molar-refractivity contribution in [1.82, 2.24) is 4.98 Å². The van der Waals surface area contributed by atoms with E-state index in [1.165, 1.54) is 0 Å². The van der Waals surface area contributed by atoms with Crippen molar-refractivity contribution in [3.8, 4) is 0 Å². The number of pyridine rings is 1. The fraction of sp³-hybridized carbons (Fsp3) is 0.286. The molecule has 1 rings (SSSR count). The molecule has 94 valence electrons. The van der Waals surface area contributed by atoms with E-state index >= 15 is 0 Å². The molecule has 0 saturated carbocycles. The van der Waals surface area contributed by atoms with E-state index in [-0.39, 0.29) is 12.3 Å². The third kappa shape index (κ3) is 2.43. The molecule has 1 heterocycles. The second kappa shape index (κ2) is 4.06. The largest absolute Gasteiger partial charge is 0.459 e. The highest BCUT2D eigenvalue weighted by Crippen LogP contribution is 2.44. The van der Waals surface area contributed by atoms with Gasteiger partial charge in [0.1, 0.15) is 16.9 Å². The van der Waals surface area contributed by atoms with Crippen molar-refractivity contribution in [3.63, 3.8) is 0 Å². The van der Waals surface area contributed by atoms with Gasteiger partial charge in [0.25, 0.3) is 0 Å². The smallest absolute Gasteiger partial charge is 0.258 e. The Morgan fingerprint density at radius 3 is 2.18 bits per heavy atom. The lowest BCUT2D eigenvalue weighted by atomic mass is 10.2. The highest BCUT2D eigenvalue weighted by atomic mass is 35.5. The Labute approximate surface area is 95.2 Å². The molecule has 0 amide bonds. The first-order valence-electron chi connectivity index (χ1n) is 3.82. The van der Waals surface area contributed by atoms with Crippen LogP contribution in [0.15, 0.2) is 12.3 Å². The summed E-state index contributed by atoms with van der Waals surface area (Å²) in [5.41, 5.74) is -2.55. The molecule has 0 saturated heterocycles. The summed E-state index contributed by atoms with van der Waals surface area (Å²) in [6.45, 7) is 0. The van der Waals surface area contributed by atoms with E-state index in [4.69, 9.17) is 11.6 Å². The molecule has 1 aromatic rings. The summed E-state index contributed by atoms with van der Waals surface area (Å²) >= 11 is 5.20. The van der Waals surface area contributed by atoms with Gasteiger partial charge >= 0.3 is 17.8 Å². The lowest BCUT2D eigenvalue weighted by Gasteiger charge is -2.18. The molecule has 10 heteroatoms. The predicted octanol–water partition coefficient (Wildman–Crippen LogP) is 3.30. The van der Waals surface area contributed by atoms with Crippen molar-refractivity contribution < 1.29 is 26.9 Å². The Morgan fingerprint density at radius 1 is 1.29 bits per heavy atom. The summed E-state index contributed by atoms with van der Waals surface area (Å²) in [7, 11) is 0. The van der Waals surface area contributed by atoms with Crippen LogP contribution < -0.4 is 0 Å². The minimum atomic E-state index is -5.85. The molecule has 1 aromatic heterocycles. The normalized spacial score (nSPS) is 12.6. The van der Waals surface area contributed by atoms with Gasteiger partial charge in [-0.2, -0.15) is 22.0 Å². The number of rotatable bonds is 2. The highest BCUT2D eigenvalue weighted by Gasteiger charge is 2.60. The second-order valence-electron chi connectivity index (χ2n) is 2.85. The van der Waals surface area contributed by atoms with E-state index in [2.05, 4.69) is 4.98 Å². The first-order valence-corrected chi connectivity index (χ1v) is 4.20. The summed E-state index contributed by atoms with van der Waals surface area (Å²) in [5.74, 6) is -5.22. The number of nitrogens with zero attached hydrogens (tertiary/aromatic N) is 2. The number of aromatic nitrogens is 1. The SMILES string of the molecule is O=[N+]([O-])c1cnc(C(F)(F)C(F)(F)F)cc1Cl. The fourth-order valence-electron chi connectivity index (χ4n) is 0.875. The first kappa shape index (κ1) is 13.6. The molecular formula is C7H2ClF5N2O2. The van der Waals surface area contributed by atoms with Crippen LogP contribution in [0.3, 0.4) is 0 Å². The van der Waals surface area contributed by atoms with Gasteiger partial charge in [-0.15, -0.1) is 0 Å². The van der Waals surface area contributed by atoms with Gasteiger partial charge in [0.2, 0.25) is 0 Å². The van der Waals surface area contributed by atoms with Crippen molar-refractivity contribution in [2.45, 2.75) is 12.1 Å². The van der Waals surface area contributed by atoms with Gasteiger partial charge in [0.15, 0.2) is 0 Å². The Bertz CT molecular complexity index is 462. The van der Waals surface area contributed by atoms with Crippen LogP contribution in [0.4, 0.5) is 27.6 Å². The molecule has 0 unspecified atom stereocenters. The van der Waals surface area contributed by atoms with Crippen molar-refractivity contribution in [3.05, 3.63) is 33.1 Å². The topological polar surface area (TPSA) is 56.0 Å². The zero-order chi connectivity index (χ0) is 13.4. The molecule has 0 bridgehead atoms. The minimum absolute atomic E-state index is 0.118. The maximum absolute atomic E-state index is 12.8. The van der Waals surface area contributed by atoms with Gasteiger partial charge in [-0.25, -0.2) is 4.98 Å². The molecular weight excluding hydrogens is 275 g/mol. The summed E-state index contributed by atoms with van der Waals surface area (Å²) in [5, 5.41) is 9.41. The average molecular weight is 277 g/mol. The molecule has 0 aliphatic rings. The van der Waals surface area contributed by atoms with Crippen molar-refractivity contribution in [2.24, 2.45) is 0 Å². The van der Waals surface area contributed by atoms with Gasteiger partial charge in [-0.1, -0.05) is 11.6 Å². The number of alkyl halides is 5. The Hall–Kier alpha value is -1.51. The molecule has 0 aliphatic heterocycles. The van der Waals surface area contributed by atoms with Gasteiger partial charge in [-0.05, 0) is 6.07 Å². The maximum atomic E-state index is 12.8. The predicted molar refractivity (Wildman–Crippen MR) is 45.9 cm³/mol. The van der Waals surface area contributed by atoms with Crippen LogP contribution in [-0.4, -0.2) is 16.1 Å². The highest BCUT2D eigenvalue weighted by molar-refractivity contribution is 6.32. The van der Waals surface area contributed by atoms with E-state index in [0.29, 0.717) is 0 Å². The number of hydrogen-bond acceptors (Lipinski definition) is 3. The van der Waals surface area contributed by atoms with Crippen molar-refractivity contribution in [2.75, 3.05) is 0 Å². The van der Waals surface area contributed by atoms with Crippen LogP contribution >= 0.6 is 11.6 Å². The van der Waals surface area contributed by atoms with Gasteiger partial charge in [0, 0.05) is 0 Å². The zero-order valence-corrected chi connectivity index (χ0v) is 8.39. The van der Waals surface area contributed by atoms with E-state index in [1.54, 1.807) is 0 Å². The molecule has 17 heavy (non-hydrogen) atoms. The van der Waals surface area contributed by atoms with Crippen LogP contribution in [0.25, 0.3) is 0 Å². The third-order valence-electron chi connectivity index (χ3n) is 1.71. The Kier molecular flexibility index (Phi) is 3.24. The minimum Gasteiger partial charge on any atom is -0.258 e. The van der Waals surface area contributed by atoms with E-state index < -0.39 is 33.4 Å². The van der Waals surface area contributed by atoms with Crippen molar-refractivity contribution >= 4 is 17.3 Å². The standard InChI is InChI=1S/C7H2ClF5N2O2/c8-3-1-5(6(9,10)7(11,12)13)14-2-4(3)15(16)17/h1-2H. The molecule has 0 aromatic carbocycles. The Balaban J connectivity index is 3.28. The zero-order valence-electron chi connectivity index (χ0n) is 7.63. The first-order chi connectivity index (χ1) is 7.57. The second-order valence-corrected chi connectivity index (χ2v) is 3.26. The molecule has 4 nitrogen and oxygen atoms in total. The monoisotopic (exact) mass is 276 g/mol. The molecule has 0 atom stereocenters. The quantitative estimate of drug-likeness (QED) is 0.473. The molecule has 0 radical (unpaired) electrons. The van der Waals surface area contributed by atoms with Gasteiger partial charge < -0.3 is 0 Å². The number of nitro groups is 1. The van der Waals surface area contributed by atoms with Crippen LogP contribution in [-0.2, 0) is 5.92 Å². The van der Waals surface area contributed by atoms with E-state index in [1.807, 2.05) is 0 Å². The van der Waals surface area contributed by atoms with Crippen LogP contribution in [0.2, 0.25) is 5.02 Å². The summed E-state index contributed by atoms with van der Waals surface area (Å²) in [4.78, 5) is 11.9. The van der Waals surface area contributed by atoms with Gasteiger partial charge in [0.05, 0.1) is 4.92 Å². The molecule has 0 spiro atoms. The van der Waals surface area contributed by atoms with Crippen LogP contribution in [0.5, 0.6) is 0 Å². The molecule has 0 fully saturated rings. The average Bonchev–Trinajstić information content (AvgIpc) is 2.14. The maximum Gasteiger partial charge on any atom is 0.459 e. The van der Waals surface area contributed by atoms with Crippen LogP contribution in [0.1, 0.15) is 5.69 Å².